The highest BCUT2D eigenvalue weighted by molar-refractivity contribution is 5.32. The smallest absolute Gasteiger partial charge is 0.0299 e. The fourth-order valence-electron chi connectivity index (χ4n) is 0.606. The maximum absolute atomic E-state index is 3.59. The Kier molecular flexibility index (Phi) is 6.01. The molecule has 0 aromatic heterocycles. The molecule has 0 fully saturated rings. The van der Waals surface area contributed by atoms with Crippen molar-refractivity contribution in [1.82, 2.24) is 0 Å². The average molecular weight is 146 g/mol. The van der Waals surface area contributed by atoms with Crippen LogP contribution in [-0.4, -0.2) is 0 Å². The molecule has 0 bridgehead atoms. The summed E-state index contributed by atoms with van der Waals surface area (Å²) in [5.41, 5.74) is 1.16. The number of hydrogen-bond donors (Lipinski definition) is 0. The standard InChI is InChI=1S/C11H14/c1-4-7-9-11(6-3)10-8-5-2/h4-10H,1-2H2,3H3. The molecule has 0 heteroatoms. The summed E-state index contributed by atoms with van der Waals surface area (Å²) in [6.45, 7) is 9.17. The molecule has 0 rings (SSSR count). The third kappa shape index (κ3) is 5.16. The molecule has 0 aliphatic carbocycles. The lowest BCUT2D eigenvalue weighted by atomic mass is 10.2. The molecule has 0 nitrogen and oxygen atoms in total. The second-order valence-corrected chi connectivity index (χ2v) is 1.98. The SMILES string of the molecule is C=CC=CC(C=CC=C)=CC. The summed E-state index contributed by atoms with van der Waals surface area (Å²) in [5.74, 6) is 0. The van der Waals surface area contributed by atoms with Crippen molar-refractivity contribution < 1.29 is 0 Å². The monoisotopic (exact) mass is 146 g/mol. The second-order valence-electron chi connectivity index (χ2n) is 1.98. The zero-order chi connectivity index (χ0) is 8.53. The summed E-state index contributed by atoms with van der Waals surface area (Å²) in [6, 6.07) is 0. The van der Waals surface area contributed by atoms with E-state index in [9.17, 15) is 0 Å². The number of hydrogen-bond acceptors (Lipinski definition) is 0. The predicted molar refractivity (Wildman–Crippen MR) is 52.4 cm³/mol. The van der Waals surface area contributed by atoms with Gasteiger partial charge in [-0.25, -0.2) is 0 Å². The molecule has 0 N–H and O–H groups in total. The van der Waals surface area contributed by atoms with Crippen molar-refractivity contribution in [2.75, 3.05) is 0 Å². The molecular formula is C11H14. The molecule has 0 heterocycles. The van der Waals surface area contributed by atoms with Crippen molar-refractivity contribution in [3.8, 4) is 0 Å². The van der Waals surface area contributed by atoms with Crippen molar-refractivity contribution in [2.45, 2.75) is 6.92 Å². The highest BCUT2D eigenvalue weighted by atomic mass is 13.8. The van der Waals surface area contributed by atoms with E-state index >= 15 is 0 Å². The molecule has 0 saturated heterocycles. The summed E-state index contributed by atoms with van der Waals surface area (Å²) >= 11 is 0. The summed E-state index contributed by atoms with van der Waals surface area (Å²) in [4.78, 5) is 0. The van der Waals surface area contributed by atoms with E-state index in [0.717, 1.165) is 5.57 Å². The van der Waals surface area contributed by atoms with E-state index in [4.69, 9.17) is 0 Å². The van der Waals surface area contributed by atoms with Gasteiger partial charge in [0.1, 0.15) is 0 Å². The molecule has 0 aliphatic heterocycles. The minimum Gasteiger partial charge on any atom is -0.0991 e. The first-order valence-electron chi connectivity index (χ1n) is 3.59. The average Bonchev–Trinajstić information content (AvgIpc) is 2.05. The molecular weight excluding hydrogens is 132 g/mol. The van der Waals surface area contributed by atoms with E-state index in [1.807, 2.05) is 37.3 Å². The van der Waals surface area contributed by atoms with E-state index in [-0.39, 0.29) is 0 Å². The first-order chi connectivity index (χ1) is 5.35. The summed E-state index contributed by atoms with van der Waals surface area (Å²) in [6.07, 6.45) is 13.3. The van der Waals surface area contributed by atoms with Crippen molar-refractivity contribution in [1.29, 1.82) is 0 Å². The Labute approximate surface area is 68.9 Å². The van der Waals surface area contributed by atoms with Crippen LogP contribution >= 0.6 is 0 Å². The molecule has 0 atom stereocenters. The first-order valence-corrected chi connectivity index (χ1v) is 3.59. The Morgan fingerprint density at radius 2 is 1.45 bits per heavy atom. The van der Waals surface area contributed by atoms with Gasteiger partial charge in [0.2, 0.25) is 0 Å². The van der Waals surface area contributed by atoms with Gasteiger partial charge in [0.15, 0.2) is 0 Å². The van der Waals surface area contributed by atoms with E-state index < -0.39 is 0 Å². The molecule has 0 aromatic carbocycles. The molecule has 11 heavy (non-hydrogen) atoms. The number of rotatable bonds is 4. The van der Waals surface area contributed by atoms with Gasteiger partial charge in [0.25, 0.3) is 0 Å². The molecule has 0 saturated carbocycles. The zero-order valence-electron chi connectivity index (χ0n) is 6.96. The lowest BCUT2D eigenvalue weighted by molar-refractivity contribution is 1.60. The topological polar surface area (TPSA) is 0 Å². The van der Waals surface area contributed by atoms with Crippen LogP contribution < -0.4 is 0 Å². The highest BCUT2D eigenvalue weighted by Gasteiger charge is 1.78. The van der Waals surface area contributed by atoms with Crippen LogP contribution in [0, 0.1) is 0 Å². The van der Waals surface area contributed by atoms with Gasteiger partial charge in [-0.3, -0.25) is 0 Å². The fourth-order valence-corrected chi connectivity index (χ4v) is 0.606. The minimum absolute atomic E-state index is 1.16. The Bertz CT molecular complexity index is 182. The van der Waals surface area contributed by atoms with Gasteiger partial charge >= 0.3 is 0 Å². The Morgan fingerprint density at radius 1 is 1.00 bits per heavy atom. The van der Waals surface area contributed by atoms with Crippen molar-refractivity contribution in [2.24, 2.45) is 0 Å². The maximum atomic E-state index is 3.59. The van der Waals surface area contributed by atoms with Gasteiger partial charge in [0, 0.05) is 0 Å². The second kappa shape index (κ2) is 6.81. The van der Waals surface area contributed by atoms with E-state index in [2.05, 4.69) is 13.2 Å². The van der Waals surface area contributed by atoms with Crippen LogP contribution in [0.1, 0.15) is 6.92 Å². The van der Waals surface area contributed by atoms with E-state index in [1.54, 1.807) is 12.2 Å². The summed E-state index contributed by atoms with van der Waals surface area (Å²) in [5, 5.41) is 0. The molecule has 0 spiro atoms. The third-order valence-electron chi connectivity index (χ3n) is 1.18. The van der Waals surface area contributed by atoms with E-state index in [1.165, 1.54) is 0 Å². The van der Waals surface area contributed by atoms with Gasteiger partial charge in [-0.1, -0.05) is 55.7 Å². The van der Waals surface area contributed by atoms with Gasteiger partial charge in [-0.15, -0.1) is 0 Å². The fraction of sp³-hybridized carbons (Fsp3) is 0.0909. The molecule has 0 aromatic rings. The lowest BCUT2D eigenvalue weighted by Crippen LogP contribution is -1.67. The van der Waals surface area contributed by atoms with Crippen LogP contribution in [0.25, 0.3) is 0 Å². The van der Waals surface area contributed by atoms with Crippen LogP contribution in [0.15, 0.2) is 61.3 Å². The van der Waals surface area contributed by atoms with Gasteiger partial charge in [-0.05, 0) is 12.5 Å². The molecule has 0 unspecified atom stereocenters. The van der Waals surface area contributed by atoms with E-state index in [0.29, 0.717) is 0 Å². The van der Waals surface area contributed by atoms with Crippen molar-refractivity contribution in [3.05, 3.63) is 61.3 Å². The predicted octanol–water partition coefficient (Wildman–Crippen LogP) is 3.42. The van der Waals surface area contributed by atoms with Gasteiger partial charge in [-0.2, -0.15) is 0 Å². The molecule has 58 valence electrons. The highest BCUT2D eigenvalue weighted by Crippen LogP contribution is 1.98. The maximum Gasteiger partial charge on any atom is -0.0299 e. The normalized spacial score (nSPS) is 10.3. The Hall–Kier alpha value is -1.30. The van der Waals surface area contributed by atoms with Gasteiger partial charge in [0.05, 0.1) is 0 Å². The van der Waals surface area contributed by atoms with Crippen LogP contribution in [0.4, 0.5) is 0 Å². The van der Waals surface area contributed by atoms with Crippen LogP contribution in [0.3, 0.4) is 0 Å². The van der Waals surface area contributed by atoms with Crippen LogP contribution in [0.2, 0.25) is 0 Å². The third-order valence-corrected chi connectivity index (χ3v) is 1.18. The molecule has 0 radical (unpaired) electrons. The lowest BCUT2D eigenvalue weighted by Gasteiger charge is -1.87. The van der Waals surface area contributed by atoms with Crippen LogP contribution in [0.5, 0.6) is 0 Å². The Balaban J connectivity index is 4.19. The Morgan fingerprint density at radius 3 is 1.73 bits per heavy atom. The summed E-state index contributed by atoms with van der Waals surface area (Å²) < 4.78 is 0. The quantitative estimate of drug-likeness (QED) is 0.533. The first kappa shape index (κ1) is 9.70. The van der Waals surface area contributed by atoms with Gasteiger partial charge < -0.3 is 0 Å². The van der Waals surface area contributed by atoms with Crippen molar-refractivity contribution >= 4 is 0 Å². The summed E-state index contributed by atoms with van der Waals surface area (Å²) in [7, 11) is 0. The minimum atomic E-state index is 1.16. The number of allylic oxidation sites excluding steroid dienone is 8. The largest absolute Gasteiger partial charge is 0.0991 e. The molecule has 0 amide bonds. The van der Waals surface area contributed by atoms with Crippen molar-refractivity contribution in [3.63, 3.8) is 0 Å². The van der Waals surface area contributed by atoms with Crippen LogP contribution in [-0.2, 0) is 0 Å². The molecule has 0 aliphatic rings. The zero-order valence-corrected chi connectivity index (χ0v) is 6.96.